The molecule has 0 saturated heterocycles. The average molecular weight is 302 g/mol. The minimum atomic E-state index is -1.07. The van der Waals surface area contributed by atoms with E-state index in [0.29, 0.717) is 6.42 Å². The number of aliphatic carboxylic acids is 3. The molecule has 122 valence electrons. The predicted octanol–water partition coefficient (Wildman–Crippen LogP) is 3.15. The van der Waals surface area contributed by atoms with Gasteiger partial charge in [0.2, 0.25) is 0 Å². The molecule has 0 rings (SSSR count). The minimum Gasteiger partial charge on any atom is -0.481 e. The summed E-state index contributed by atoms with van der Waals surface area (Å²) in [4.78, 5) is 31.7. The molecule has 0 aromatic heterocycles. The summed E-state index contributed by atoms with van der Waals surface area (Å²) in [7, 11) is 0. The van der Waals surface area contributed by atoms with Gasteiger partial charge in [0, 0.05) is 6.42 Å². The average Bonchev–Trinajstić information content (AvgIpc) is 2.38. The first-order chi connectivity index (χ1) is 9.93. The predicted molar refractivity (Wildman–Crippen MR) is 77.2 cm³/mol. The van der Waals surface area contributed by atoms with Crippen molar-refractivity contribution in [2.75, 3.05) is 0 Å². The Hall–Kier alpha value is -1.59. The van der Waals surface area contributed by atoms with Gasteiger partial charge in [0.1, 0.15) is 0 Å². The van der Waals surface area contributed by atoms with E-state index in [1.165, 1.54) is 0 Å². The van der Waals surface area contributed by atoms with Gasteiger partial charge in [-0.3, -0.25) is 14.4 Å². The highest BCUT2D eigenvalue weighted by Gasteiger charge is 2.20. The van der Waals surface area contributed by atoms with Crippen LogP contribution in [0.2, 0.25) is 0 Å². The molecule has 0 spiro atoms. The first kappa shape index (κ1) is 19.4. The second kappa shape index (κ2) is 12.2. The summed E-state index contributed by atoms with van der Waals surface area (Å²) >= 11 is 0. The molecule has 0 bridgehead atoms. The van der Waals surface area contributed by atoms with Crippen LogP contribution in [0.5, 0.6) is 0 Å². The van der Waals surface area contributed by atoms with Gasteiger partial charge < -0.3 is 15.3 Å². The van der Waals surface area contributed by atoms with Crippen LogP contribution in [0.25, 0.3) is 0 Å². The zero-order chi connectivity index (χ0) is 16.1. The molecule has 21 heavy (non-hydrogen) atoms. The van der Waals surface area contributed by atoms with Crippen LogP contribution in [-0.2, 0) is 14.4 Å². The lowest BCUT2D eigenvalue weighted by molar-refractivity contribution is -0.148. The Kier molecular flexibility index (Phi) is 11.3. The molecule has 0 aliphatic carbocycles. The van der Waals surface area contributed by atoms with Gasteiger partial charge in [-0.05, 0) is 12.8 Å². The summed E-state index contributed by atoms with van der Waals surface area (Å²) in [6.45, 7) is 0. The van der Waals surface area contributed by atoms with Gasteiger partial charge >= 0.3 is 17.9 Å². The third-order valence-corrected chi connectivity index (χ3v) is 3.46. The third-order valence-electron chi connectivity index (χ3n) is 3.46. The second-order valence-corrected chi connectivity index (χ2v) is 5.39. The smallest absolute Gasteiger partial charge is 0.307 e. The maximum Gasteiger partial charge on any atom is 0.307 e. The molecule has 1 atom stereocenters. The summed E-state index contributed by atoms with van der Waals surface area (Å²) in [5, 5.41) is 26.0. The van der Waals surface area contributed by atoms with Crippen LogP contribution in [-0.4, -0.2) is 33.2 Å². The highest BCUT2D eigenvalue weighted by Crippen LogP contribution is 2.16. The van der Waals surface area contributed by atoms with Gasteiger partial charge in [-0.1, -0.05) is 44.9 Å². The maximum absolute atomic E-state index is 10.8. The van der Waals surface area contributed by atoms with Gasteiger partial charge in [-0.15, -0.1) is 0 Å². The van der Waals surface area contributed by atoms with Crippen molar-refractivity contribution in [3.8, 4) is 0 Å². The molecule has 0 heterocycles. The molecule has 6 nitrogen and oxygen atoms in total. The lowest BCUT2D eigenvalue weighted by Crippen LogP contribution is -2.17. The van der Waals surface area contributed by atoms with E-state index in [4.69, 9.17) is 15.3 Å². The Balaban J connectivity index is 3.43. The second-order valence-electron chi connectivity index (χ2n) is 5.39. The van der Waals surface area contributed by atoms with Gasteiger partial charge in [0.05, 0.1) is 12.3 Å². The van der Waals surface area contributed by atoms with E-state index in [0.717, 1.165) is 51.4 Å². The molecule has 6 heteroatoms. The van der Waals surface area contributed by atoms with Crippen molar-refractivity contribution in [1.29, 1.82) is 0 Å². The van der Waals surface area contributed by atoms with Crippen molar-refractivity contribution < 1.29 is 29.7 Å². The van der Waals surface area contributed by atoms with E-state index in [-0.39, 0.29) is 12.8 Å². The lowest BCUT2D eigenvalue weighted by atomic mass is 9.97. The van der Waals surface area contributed by atoms with Crippen LogP contribution in [0.1, 0.15) is 70.6 Å². The molecular formula is C15H26O6. The number of carbonyl (C=O) groups is 3. The Morgan fingerprint density at radius 3 is 1.57 bits per heavy atom. The number of hydrogen-bond donors (Lipinski definition) is 3. The Morgan fingerprint density at radius 2 is 1.14 bits per heavy atom. The molecule has 0 fully saturated rings. The SMILES string of the molecule is O=C(O)CCCCCCCCCCC(CC(=O)O)C(=O)O. The van der Waals surface area contributed by atoms with Crippen molar-refractivity contribution in [3.05, 3.63) is 0 Å². The Morgan fingerprint density at radius 1 is 0.667 bits per heavy atom. The molecule has 0 aliphatic rings. The van der Waals surface area contributed by atoms with Crippen LogP contribution >= 0.6 is 0 Å². The van der Waals surface area contributed by atoms with Gasteiger partial charge in [0.15, 0.2) is 0 Å². The fourth-order valence-corrected chi connectivity index (χ4v) is 2.25. The molecule has 0 aliphatic heterocycles. The van der Waals surface area contributed by atoms with Crippen LogP contribution in [0.4, 0.5) is 0 Å². The van der Waals surface area contributed by atoms with Crippen LogP contribution in [0.15, 0.2) is 0 Å². The summed E-state index contributed by atoms with van der Waals surface area (Å²) in [6, 6.07) is 0. The highest BCUT2D eigenvalue weighted by atomic mass is 16.4. The van der Waals surface area contributed by atoms with Crippen molar-refractivity contribution in [2.45, 2.75) is 70.6 Å². The molecule has 3 N–H and O–H groups in total. The van der Waals surface area contributed by atoms with E-state index in [2.05, 4.69) is 0 Å². The molecule has 1 unspecified atom stereocenters. The molecule has 0 radical (unpaired) electrons. The lowest BCUT2D eigenvalue weighted by Gasteiger charge is -2.09. The minimum absolute atomic E-state index is 0.236. The zero-order valence-electron chi connectivity index (χ0n) is 12.4. The first-order valence-corrected chi connectivity index (χ1v) is 7.60. The van der Waals surface area contributed by atoms with Crippen LogP contribution in [0, 0.1) is 5.92 Å². The van der Waals surface area contributed by atoms with Gasteiger partial charge in [-0.25, -0.2) is 0 Å². The quantitative estimate of drug-likeness (QED) is 0.425. The Labute approximate surface area is 125 Å². The summed E-state index contributed by atoms with van der Waals surface area (Å²) in [5.74, 6) is -3.62. The Bertz CT molecular complexity index is 326. The number of carboxylic acid groups (broad SMARTS) is 3. The highest BCUT2D eigenvalue weighted by molar-refractivity contribution is 5.77. The van der Waals surface area contributed by atoms with Crippen molar-refractivity contribution in [3.63, 3.8) is 0 Å². The van der Waals surface area contributed by atoms with E-state index in [9.17, 15) is 14.4 Å². The normalized spacial score (nSPS) is 12.0. The molecular weight excluding hydrogens is 276 g/mol. The monoisotopic (exact) mass is 302 g/mol. The summed E-state index contributed by atoms with van der Waals surface area (Å²) in [5.41, 5.74) is 0. The molecule has 0 amide bonds. The fraction of sp³-hybridized carbons (Fsp3) is 0.800. The van der Waals surface area contributed by atoms with E-state index >= 15 is 0 Å². The third kappa shape index (κ3) is 13.2. The fourth-order valence-electron chi connectivity index (χ4n) is 2.25. The molecule has 0 aromatic carbocycles. The van der Waals surface area contributed by atoms with E-state index in [1.54, 1.807) is 0 Å². The zero-order valence-corrected chi connectivity index (χ0v) is 12.4. The number of hydrogen-bond acceptors (Lipinski definition) is 3. The number of carboxylic acids is 3. The standard InChI is InChI=1S/C15H26O6/c16-13(17)10-8-6-4-2-1-3-5-7-9-12(15(20)21)11-14(18)19/h12H,1-11H2,(H,16,17)(H,18,19)(H,20,21). The topological polar surface area (TPSA) is 112 Å². The van der Waals surface area contributed by atoms with Gasteiger partial charge in [0.25, 0.3) is 0 Å². The van der Waals surface area contributed by atoms with Crippen LogP contribution < -0.4 is 0 Å². The molecule has 0 aromatic rings. The van der Waals surface area contributed by atoms with E-state index < -0.39 is 23.8 Å². The largest absolute Gasteiger partial charge is 0.481 e. The van der Waals surface area contributed by atoms with Crippen LogP contribution in [0.3, 0.4) is 0 Å². The van der Waals surface area contributed by atoms with Crippen molar-refractivity contribution >= 4 is 17.9 Å². The van der Waals surface area contributed by atoms with Gasteiger partial charge in [-0.2, -0.15) is 0 Å². The van der Waals surface area contributed by atoms with E-state index in [1.807, 2.05) is 0 Å². The molecule has 0 saturated carbocycles. The number of rotatable bonds is 14. The van der Waals surface area contributed by atoms with Crippen molar-refractivity contribution in [1.82, 2.24) is 0 Å². The first-order valence-electron chi connectivity index (χ1n) is 7.60. The maximum atomic E-state index is 10.8. The number of unbranched alkanes of at least 4 members (excludes halogenated alkanes) is 7. The summed E-state index contributed by atoms with van der Waals surface area (Å²) < 4.78 is 0. The summed E-state index contributed by atoms with van der Waals surface area (Å²) in [6.07, 6.45) is 7.83. The van der Waals surface area contributed by atoms with Crippen molar-refractivity contribution in [2.24, 2.45) is 5.92 Å².